The Morgan fingerprint density at radius 1 is 1.09 bits per heavy atom. The van der Waals surface area contributed by atoms with E-state index in [0.717, 1.165) is 37.0 Å². The second kappa shape index (κ2) is 9.18. The molecule has 4 aromatic rings. The smallest absolute Gasteiger partial charge is 0.431 e. The minimum atomic E-state index is -0.639. The van der Waals surface area contributed by atoms with Gasteiger partial charge in [-0.2, -0.15) is 4.98 Å². The Morgan fingerprint density at radius 3 is 2.54 bits per heavy atom. The monoisotopic (exact) mass is 517 g/mol. The molecule has 182 valence electrons. The van der Waals surface area contributed by atoms with Crippen LogP contribution in [-0.2, 0) is 11.3 Å². The van der Waals surface area contributed by atoms with E-state index < -0.39 is 5.76 Å². The zero-order valence-corrected chi connectivity index (χ0v) is 20.0. The first-order chi connectivity index (χ1) is 17.1. The van der Waals surface area contributed by atoms with E-state index in [2.05, 4.69) is 24.8 Å². The number of halogens is 2. The molecule has 12 heteroatoms. The average Bonchev–Trinajstić information content (AvgIpc) is 3.23. The molecule has 10 nitrogen and oxygen atoms in total. The van der Waals surface area contributed by atoms with Gasteiger partial charge in [0.25, 0.3) is 6.01 Å². The van der Waals surface area contributed by atoms with Crippen LogP contribution in [0, 0.1) is 0 Å². The molecule has 0 bridgehead atoms. The predicted octanol–water partition coefficient (Wildman–Crippen LogP) is 5.04. The highest BCUT2D eigenvalue weighted by Crippen LogP contribution is 2.46. The van der Waals surface area contributed by atoms with Gasteiger partial charge >= 0.3 is 5.76 Å². The summed E-state index contributed by atoms with van der Waals surface area (Å²) in [5.41, 5.74) is 2.66. The molecule has 4 heterocycles. The Kier molecular flexibility index (Phi) is 5.87. The molecule has 1 aromatic carbocycles. The number of oxazole rings is 1. The van der Waals surface area contributed by atoms with E-state index in [-0.39, 0.29) is 11.9 Å². The molecule has 0 spiro atoms. The van der Waals surface area contributed by atoms with Crippen molar-refractivity contribution in [3.8, 4) is 22.8 Å². The molecule has 0 atom stereocenters. The van der Waals surface area contributed by atoms with Crippen LogP contribution >= 0.6 is 23.2 Å². The van der Waals surface area contributed by atoms with E-state index in [1.54, 1.807) is 12.1 Å². The number of hydrogen-bond acceptors (Lipinski definition) is 9. The molecular formula is C23H21Cl2N5O5. The van der Waals surface area contributed by atoms with Gasteiger partial charge in [0.15, 0.2) is 5.69 Å². The van der Waals surface area contributed by atoms with Gasteiger partial charge in [-0.05, 0) is 37.8 Å². The third-order valence-corrected chi connectivity index (χ3v) is 6.95. The fourth-order valence-corrected chi connectivity index (χ4v) is 4.90. The number of aromatic amines is 1. The van der Waals surface area contributed by atoms with Gasteiger partial charge in [0.05, 0.1) is 22.8 Å². The predicted molar refractivity (Wildman–Crippen MR) is 127 cm³/mol. The lowest BCUT2D eigenvalue weighted by molar-refractivity contribution is 0.0241. The summed E-state index contributed by atoms with van der Waals surface area (Å²) in [6.07, 6.45) is 5.25. The second-order valence-corrected chi connectivity index (χ2v) is 9.52. The van der Waals surface area contributed by atoms with Crippen molar-refractivity contribution >= 4 is 29.2 Å². The first kappa shape index (κ1) is 22.4. The lowest BCUT2D eigenvalue weighted by atomic mass is 10.0. The van der Waals surface area contributed by atoms with Crippen LogP contribution in [0.3, 0.4) is 0 Å². The molecule has 2 aliphatic rings. The molecular weight excluding hydrogens is 497 g/mol. The number of ether oxygens (including phenoxy) is 1. The van der Waals surface area contributed by atoms with E-state index in [0.29, 0.717) is 58.6 Å². The molecule has 0 radical (unpaired) electrons. The van der Waals surface area contributed by atoms with Crippen molar-refractivity contribution in [3.05, 3.63) is 56.4 Å². The van der Waals surface area contributed by atoms with Gasteiger partial charge in [0.2, 0.25) is 5.82 Å². The quantitative estimate of drug-likeness (QED) is 0.358. The first-order valence-electron chi connectivity index (χ1n) is 11.4. The van der Waals surface area contributed by atoms with Crippen LogP contribution in [0.5, 0.6) is 0 Å². The van der Waals surface area contributed by atoms with Gasteiger partial charge in [0.1, 0.15) is 17.7 Å². The summed E-state index contributed by atoms with van der Waals surface area (Å²) in [5, 5.41) is 9.02. The average molecular weight is 518 g/mol. The summed E-state index contributed by atoms with van der Waals surface area (Å²) in [6.45, 7) is 1.80. The molecule has 3 aromatic heterocycles. The standard InChI is InChI=1S/C23H21Cl2N5O5/c24-15-2-1-3-16(25)18(15)19-14(20(34-28-19)12-4-5-12)10-32-13-6-8-30(9-7-13)22-26-17(11-33-22)21-27-23(31)35-29-21/h1-3,11-13H,4-10H2,(H,27,29,31). The summed E-state index contributed by atoms with van der Waals surface area (Å²) in [7, 11) is 0. The van der Waals surface area contributed by atoms with Crippen LogP contribution < -0.4 is 10.7 Å². The molecule has 1 saturated carbocycles. The van der Waals surface area contributed by atoms with E-state index >= 15 is 0 Å². The lowest BCUT2D eigenvalue weighted by Crippen LogP contribution is -2.37. The largest absolute Gasteiger partial charge is 0.439 e. The summed E-state index contributed by atoms with van der Waals surface area (Å²) >= 11 is 12.9. The fraction of sp³-hybridized carbons (Fsp3) is 0.391. The van der Waals surface area contributed by atoms with Crippen molar-refractivity contribution in [2.24, 2.45) is 0 Å². The Morgan fingerprint density at radius 2 is 1.86 bits per heavy atom. The van der Waals surface area contributed by atoms with Gasteiger partial charge in [-0.25, -0.2) is 4.79 Å². The van der Waals surface area contributed by atoms with Gasteiger partial charge in [-0.1, -0.05) is 39.6 Å². The number of nitrogens with zero attached hydrogens (tertiary/aromatic N) is 4. The van der Waals surface area contributed by atoms with E-state index in [1.807, 2.05) is 11.0 Å². The normalized spacial score (nSPS) is 16.8. The Hall–Kier alpha value is -3.08. The number of nitrogens with one attached hydrogen (secondary N) is 1. The Balaban J connectivity index is 1.12. The van der Waals surface area contributed by atoms with E-state index in [4.69, 9.17) is 36.9 Å². The Labute approximate surface area is 209 Å². The summed E-state index contributed by atoms with van der Waals surface area (Å²) in [5.74, 6) is 0.835. The van der Waals surface area contributed by atoms with Gasteiger partial charge in [0, 0.05) is 30.1 Å². The third-order valence-electron chi connectivity index (χ3n) is 6.32. The number of rotatable bonds is 7. The zero-order valence-electron chi connectivity index (χ0n) is 18.5. The maximum absolute atomic E-state index is 11.2. The third kappa shape index (κ3) is 4.49. The highest BCUT2D eigenvalue weighted by atomic mass is 35.5. The van der Waals surface area contributed by atoms with Gasteiger partial charge in [-0.3, -0.25) is 9.51 Å². The van der Waals surface area contributed by atoms with Gasteiger partial charge in [-0.15, -0.1) is 0 Å². The van der Waals surface area contributed by atoms with Crippen LogP contribution in [-0.4, -0.2) is 39.5 Å². The molecule has 6 rings (SSSR count). The van der Waals surface area contributed by atoms with Crippen LogP contribution in [0.25, 0.3) is 22.8 Å². The molecule has 1 aliphatic heterocycles. The van der Waals surface area contributed by atoms with Gasteiger partial charge < -0.3 is 18.6 Å². The molecule has 1 aliphatic carbocycles. The number of hydrogen-bond donors (Lipinski definition) is 1. The summed E-state index contributed by atoms with van der Waals surface area (Å²) in [6, 6.07) is 5.86. The van der Waals surface area contributed by atoms with Crippen LogP contribution in [0.4, 0.5) is 6.01 Å². The van der Waals surface area contributed by atoms with Crippen molar-refractivity contribution in [3.63, 3.8) is 0 Å². The topological polar surface area (TPSA) is 123 Å². The van der Waals surface area contributed by atoms with E-state index in [9.17, 15) is 4.79 Å². The highest BCUT2D eigenvalue weighted by molar-refractivity contribution is 6.39. The molecule has 1 saturated heterocycles. The molecule has 0 unspecified atom stereocenters. The minimum absolute atomic E-state index is 0.0594. The fourth-order valence-electron chi connectivity index (χ4n) is 4.32. The minimum Gasteiger partial charge on any atom is -0.431 e. The second-order valence-electron chi connectivity index (χ2n) is 8.70. The number of anilines is 1. The van der Waals surface area contributed by atoms with Crippen LogP contribution in [0.1, 0.15) is 42.9 Å². The SMILES string of the molecule is O=c1[nH]c(-c2coc(N3CCC(OCc4c(-c5c(Cl)cccc5Cl)noc4C4CC4)CC3)n2)no1. The Bertz CT molecular complexity index is 1380. The molecule has 2 fully saturated rings. The molecule has 35 heavy (non-hydrogen) atoms. The number of benzene rings is 1. The zero-order chi connectivity index (χ0) is 23.9. The van der Waals surface area contributed by atoms with E-state index in [1.165, 1.54) is 6.26 Å². The summed E-state index contributed by atoms with van der Waals surface area (Å²) < 4.78 is 22.2. The van der Waals surface area contributed by atoms with Crippen molar-refractivity contribution in [1.29, 1.82) is 0 Å². The van der Waals surface area contributed by atoms with Crippen molar-refractivity contribution in [1.82, 2.24) is 20.3 Å². The molecule has 1 N–H and O–H groups in total. The number of aromatic nitrogens is 4. The number of H-pyrrole nitrogens is 1. The van der Waals surface area contributed by atoms with Crippen molar-refractivity contribution < 1.29 is 18.2 Å². The molecule has 0 amide bonds. The van der Waals surface area contributed by atoms with Crippen molar-refractivity contribution in [2.75, 3.05) is 18.0 Å². The summed E-state index contributed by atoms with van der Waals surface area (Å²) in [4.78, 5) is 20.1. The maximum Gasteiger partial charge on any atom is 0.439 e. The number of piperidine rings is 1. The van der Waals surface area contributed by atoms with Crippen LogP contribution in [0.2, 0.25) is 10.0 Å². The van der Waals surface area contributed by atoms with Crippen LogP contribution in [0.15, 0.2) is 42.7 Å². The maximum atomic E-state index is 11.2. The highest BCUT2D eigenvalue weighted by Gasteiger charge is 2.34. The van der Waals surface area contributed by atoms with Crippen molar-refractivity contribution in [2.45, 2.75) is 44.3 Å². The first-order valence-corrected chi connectivity index (χ1v) is 12.1. The lowest BCUT2D eigenvalue weighted by Gasteiger charge is -2.30.